The number of likely N-dealkylation sites (tertiary alicyclic amines) is 1. The summed E-state index contributed by atoms with van der Waals surface area (Å²) < 4.78 is 1.30. The minimum Gasteiger partial charge on any atom is -0.336 e. The molecular formula is C13H12BrNOS. The summed E-state index contributed by atoms with van der Waals surface area (Å²) in [6.07, 6.45) is 0.630. The summed E-state index contributed by atoms with van der Waals surface area (Å²) in [5.41, 5.74) is 0. The van der Waals surface area contributed by atoms with E-state index in [4.69, 9.17) is 0 Å². The average Bonchev–Trinajstić information content (AvgIpc) is 2.82. The molecule has 1 aliphatic rings. The van der Waals surface area contributed by atoms with Crippen molar-refractivity contribution in [3.8, 4) is 0 Å². The predicted octanol–water partition coefficient (Wildman–Crippen LogP) is 3.40. The van der Waals surface area contributed by atoms with Crippen molar-refractivity contribution in [2.75, 3.05) is 6.54 Å². The lowest BCUT2D eigenvalue weighted by Crippen LogP contribution is -2.24. The van der Waals surface area contributed by atoms with Gasteiger partial charge in [0.2, 0.25) is 5.91 Å². The summed E-state index contributed by atoms with van der Waals surface area (Å²) in [5, 5.41) is 1.27. The maximum absolute atomic E-state index is 11.7. The Hall–Kier alpha value is -0.870. The lowest BCUT2D eigenvalue weighted by Gasteiger charge is -2.13. The van der Waals surface area contributed by atoms with Gasteiger partial charge in [-0.25, -0.2) is 0 Å². The largest absolute Gasteiger partial charge is 0.336 e. The van der Waals surface area contributed by atoms with Crippen LogP contribution in [-0.2, 0) is 11.3 Å². The van der Waals surface area contributed by atoms with Gasteiger partial charge in [-0.15, -0.1) is 11.3 Å². The molecule has 1 atom stereocenters. The highest BCUT2D eigenvalue weighted by Crippen LogP contribution is 2.28. The third-order valence-corrected chi connectivity index (χ3v) is 4.70. The second kappa shape index (κ2) is 4.42. The van der Waals surface area contributed by atoms with Crippen molar-refractivity contribution in [1.29, 1.82) is 0 Å². The maximum Gasteiger partial charge on any atom is 0.224 e. The molecule has 1 aliphatic heterocycles. The van der Waals surface area contributed by atoms with Crippen molar-refractivity contribution in [2.45, 2.75) is 17.8 Å². The fourth-order valence-electron chi connectivity index (χ4n) is 2.18. The fourth-order valence-corrected chi connectivity index (χ4v) is 3.89. The molecule has 2 aromatic rings. The number of rotatable bonds is 2. The first-order valence-corrected chi connectivity index (χ1v) is 7.35. The van der Waals surface area contributed by atoms with Gasteiger partial charge in [0.05, 0.1) is 6.54 Å². The van der Waals surface area contributed by atoms with E-state index in [0.29, 0.717) is 11.2 Å². The fraction of sp³-hybridized carbons (Fsp3) is 0.308. The Bertz CT molecular complexity index is 532. The first-order valence-electron chi connectivity index (χ1n) is 5.61. The molecule has 1 unspecified atom stereocenters. The van der Waals surface area contributed by atoms with Gasteiger partial charge in [-0.2, -0.15) is 0 Å². The van der Waals surface area contributed by atoms with Gasteiger partial charge in [-0.05, 0) is 17.5 Å². The number of nitrogens with zero attached hydrogens (tertiary/aromatic N) is 1. The third-order valence-electron chi connectivity index (χ3n) is 2.99. The number of hydrogen-bond donors (Lipinski definition) is 0. The molecule has 1 saturated heterocycles. The summed E-state index contributed by atoms with van der Waals surface area (Å²) in [6.45, 7) is 1.58. The number of fused-ring (bicyclic) bond motifs is 1. The van der Waals surface area contributed by atoms with Crippen molar-refractivity contribution < 1.29 is 4.79 Å². The molecule has 1 amide bonds. The lowest BCUT2D eigenvalue weighted by atomic mass is 10.2. The van der Waals surface area contributed by atoms with Crippen LogP contribution in [0.15, 0.2) is 30.3 Å². The van der Waals surface area contributed by atoms with Crippen LogP contribution in [0.1, 0.15) is 11.3 Å². The summed E-state index contributed by atoms with van der Waals surface area (Å²) in [6, 6.07) is 10.5. The number of carbonyl (C=O) groups excluding carboxylic acids is 1. The van der Waals surface area contributed by atoms with E-state index in [0.717, 1.165) is 13.1 Å². The number of amides is 1. The van der Waals surface area contributed by atoms with Crippen molar-refractivity contribution >= 4 is 43.3 Å². The van der Waals surface area contributed by atoms with Gasteiger partial charge in [-0.1, -0.05) is 34.1 Å². The summed E-state index contributed by atoms with van der Waals surface area (Å²) in [5.74, 6) is 0.254. The van der Waals surface area contributed by atoms with E-state index in [1.807, 2.05) is 11.0 Å². The number of thiophene rings is 1. The normalized spacial score (nSPS) is 20.4. The molecule has 88 valence electrons. The van der Waals surface area contributed by atoms with Gasteiger partial charge in [-0.3, -0.25) is 4.79 Å². The second-order valence-electron chi connectivity index (χ2n) is 4.33. The van der Waals surface area contributed by atoms with Crippen LogP contribution in [0, 0.1) is 0 Å². The molecule has 1 aromatic heterocycles. The van der Waals surface area contributed by atoms with E-state index in [9.17, 15) is 4.79 Å². The van der Waals surface area contributed by atoms with E-state index in [1.54, 1.807) is 11.3 Å². The second-order valence-corrected chi connectivity index (χ2v) is 6.79. The lowest BCUT2D eigenvalue weighted by molar-refractivity contribution is -0.128. The van der Waals surface area contributed by atoms with Crippen LogP contribution < -0.4 is 0 Å². The van der Waals surface area contributed by atoms with Crippen LogP contribution in [-0.4, -0.2) is 22.2 Å². The quantitative estimate of drug-likeness (QED) is 0.779. The molecule has 2 heterocycles. The molecule has 0 spiro atoms. The molecule has 0 saturated carbocycles. The molecule has 1 fully saturated rings. The Morgan fingerprint density at radius 3 is 2.94 bits per heavy atom. The highest BCUT2D eigenvalue weighted by molar-refractivity contribution is 9.09. The van der Waals surface area contributed by atoms with Crippen molar-refractivity contribution in [3.63, 3.8) is 0 Å². The molecule has 0 bridgehead atoms. The van der Waals surface area contributed by atoms with Crippen LogP contribution in [0.4, 0.5) is 0 Å². The number of benzene rings is 1. The minimum absolute atomic E-state index is 0.254. The topological polar surface area (TPSA) is 20.3 Å². The van der Waals surface area contributed by atoms with Gasteiger partial charge < -0.3 is 4.90 Å². The molecule has 0 N–H and O–H groups in total. The number of hydrogen-bond acceptors (Lipinski definition) is 2. The van der Waals surface area contributed by atoms with Gasteiger partial charge >= 0.3 is 0 Å². The van der Waals surface area contributed by atoms with Crippen molar-refractivity contribution in [1.82, 2.24) is 4.90 Å². The Morgan fingerprint density at radius 2 is 2.24 bits per heavy atom. The Kier molecular flexibility index (Phi) is 2.92. The predicted molar refractivity (Wildman–Crippen MR) is 74.6 cm³/mol. The SMILES string of the molecule is O=C1CC(Br)CN1Cc1cc2ccccc2s1. The monoisotopic (exact) mass is 309 g/mol. The van der Waals surface area contributed by atoms with Gasteiger partial charge in [0.15, 0.2) is 0 Å². The molecule has 17 heavy (non-hydrogen) atoms. The van der Waals surface area contributed by atoms with E-state index in [-0.39, 0.29) is 5.91 Å². The Morgan fingerprint density at radius 1 is 1.41 bits per heavy atom. The zero-order valence-electron chi connectivity index (χ0n) is 9.23. The standard InChI is InChI=1S/C13H12BrNOS/c14-10-6-13(16)15(7-10)8-11-5-9-3-1-2-4-12(9)17-11/h1-5,10H,6-8H2. The smallest absolute Gasteiger partial charge is 0.224 e. The average molecular weight is 310 g/mol. The van der Waals surface area contributed by atoms with Gasteiger partial charge in [0.1, 0.15) is 0 Å². The summed E-state index contributed by atoms with van der Waals surface area (Å²) >= 11 is 5.29. The van der Waals surface area contributed by atoms with Crippen LogP contribution >= 0.6 is 27.3 Å². The van der Waals surface area contributed by atoms with E-state index in [1.165, 1.54) is 15.0 Å². The van der Waals surface area contributed by atoms with Crippen LogP contribution in [0.5, 0.6) is 0 Å². The summed E-state index contributed by atoms with van der Waals surface area (Å²) in [4.78, 5) is 15.2. The van der Waals surface area contributed by atoms with E-state index < -0.39 is 0 Å². The first kappa shape index (κ1) is 11.2. The molecular weight excluding hydrogens is 298 g/mol. The highest BCUT2D eigenvalue weighted by Gasteiger charge is 2.27. The van der Waals surface area contributed by atoms with E-state index in [2.05, 4.69) is 40.2 Å². The Balaban J connectivity index is 1.83. The van der Waals surface area contributed by atoms with Gasteiger partial charge in [0.25, 0.3) is 0 Å². The first-order chi connectivity index (χ1) is 8.22. The van der Waals surface area contributed by atoms with Crippen LogP contribution in [0.25, 0.3) is 10.1 Å². The van der Waals surface area contributed by atoms with Crippen LogP contribution in [0.3, 0.4) is 0 Å². The minimum atomic E-state index is 0.254. The highest BCUT2D eigenvalue weighted by atomic mass is 79.9. The molecule has 4 heteroatoms. The Labute approximate surface area is 112 Å². The maximum atomic E-state index is 11.7. The zero-order chi connectivity index (χ0) is 11.8. The number of carbonyl (C=O) groups is 1. The van der Waals surface area contributed by atoms with E-state index >= 15 is 0 Å². The molecule has 3 rings (SSSR count). The van der Waals surface area contributed by atoms with Crippen molar-refractivity contribution in [2.24, 2.45) is 0 Å². The number of alkyl halides is 1. The molecule has 0 radical (unpaired) electrons. The third kappa shape index (κ3) is 2.24. The van der Waals surface area contributed by atoms with Gasteiger partial charge in [0, 0.05) is 27.4 Å². The molecule has 2 nitrogen and oxygen atoms in total. The molecule has 1 aromatic carbocycles. The molecule has 0 aliphatic carbocycles. The summed E-state index contributed by atoms with van der Waals surface area (Å²) in [7, 11) is 0. The van der Waals surface area contributed by atoms with Crippen LogP contribution in [0.2, 0.25) is 0 Å². The zero-order valence-corrected chi connectivity index (χ0v) is 11.6. The number of halogens is 1. The van der Waals surface area contributed by atoms with Crippen molar-refractivity contribution in [3.05, 3.63) is 35.2 Å².